The lowest BCUT2D eigenvalue weighted by Gasteiger charge is -2.37. The molecule has 3 rings (SSSR count). The van der Waals surface area contributed by atoms with Crippen molar-refractivity contribution < 1.29 is 4.79 Å². The normalized spacial score (nSPS) is 18.8. The van der Waals surface area contributed by atoms with Crippen molar-refractivity contribution in [3.05, 3.63) is 30.0 Å². The lowest BCUT2D eigenvalue weighted by Crippen LogP contribution is -2.43. The standard InChI is InChI=1S/C16H22N4O/c1-16(7-9-20(2)10-8-16)11-17-15(21)14-12-5-3-4-6-13(12)18-19-14/h3-6H,7-11H2,1-2H3,(H,17,21)(H,18,19). The van der Waals surface area contributed by atoms with Crippen molar-refractivity contribution in [2.24, 2.45) is 5.41 Å². The van der Waals surface area contributed by atoms with E-state index in [0.717, 1.165) is 36.8 Å². The first-order valence-corrected chi connectivity index (χ1v) is 7.47. The molecule has 0 atom stereocenters. The second kappa shape index (κ2) is 5.48. The Balaban J connectivity index is 1.67. The molecular weight excluding hydrogens is 264 g/mol. The Labute approximate surface area is 124 Å². The Morgan fingerprint density at radius 1 is 1.38 bits per heavy atom. The molecule has 1 aromatic carbocycles. The summed E-state index contributed by atoms with van der Waals surface area (Å²) < 4.78 is 0. The largest absolute Gasteiger partial charge is 0.350 e. The zero-order chi connectivity index (χ0) is 14.9. The van der Waals surface area contributed by atoms with Gasteiger partial charge in [0.25, 0.3) is 5.91 Å². The molecule has 112 valence electrons. The highest BCUT2D eigenvalue weighted by Crippen LogP contribution is 2.29. The first-order valence-electron chi connectivity index (χ1n) is 7.47. The Bertz CT molecular complexity index is 641. The number of carbonyl (C=O) groups excluding carboxylic acids is 1. The third-order valence-electron chi connectivity index (χ3n) is 4.56. The number of aromatic nitrogens is 2. The Morgan fingerprint density at radius 3 is 2.86 bits per heavy atom. The molecule has 0 saturated carbocycles. The van der Waals surface area contributed by atoms with Crippen LogP contribution in [-0.4, -0.2) is 47.7 Å². The van der Waals surface area contributed by atoms with Crippen LogP contribution in [0.25, 0.3) is 10.9 Å². The van der Waals surface area contributed by atoms with Crippen LogP contribution < -0.4 is 5.32 Å². The number of piperidine rings is 1. The SMILES string of the molecule is CN1CCC(C)(CNC(=O)c2n[nH]c3ccccc23)CC1. The number of H-pyrrole nitrogens is 1. The molecule has 1 aliphatic heterocycles. The smallest absolute Gasteiger partial charge is 0.272 e. The predicted molar refractivity (Wildman–Crippen MR) is 83.3 cm³/mol. The summed E-state index contributed by atoms with van der Waals surface area (Å²) in [5.41, 5.74) is 1.57. The van der Waals surface area contributed by atoms with Gasteiger partial charge in [0, 0.05) is 11.9 Å². The number of nitrogens with zero attached hydrogens (tertiary/aromatic N) is 2. The van der Waals surface area contributed by atoms with Gasteiger partial charge < -0.3 is 10.2 Å². The summed E-state index contributed by atoms with van der Waals surface area (Å²) >= 11 is 0. The number of aromatic amines is 1. The summed E-state index contributed by atoms with van der Waals surface area (Å²) in [6, 6.07) is 7.71. The number of amides is 1. The molecule has 2 aromatic rings. The summed E-state index contributed by atoms with van der Waals surface area (Å²) in [4.78, 5) is 14.7. The van der Waals surface area contributed by atoms with Gasteiger partial charge in [-0.1, -0.05) is 25.1 Å². The maximum atomic E-state index is 12.4. The van der Waals surface area contributed by atoms with Crippen LogP contribution in [-0.2, 0) is 0 Å². The minimum Gasteiger partial charge on any atom is -0.350 e. The van der Waals surface area contributed by atoms with Crippen LogP contribution in [0, 0.1) is 5.41 Å². The van der Waals surface area contributed by atoms with Gasteiger partial charge in [-0.2, -0.15) is 5.10 Å². The highest BCUT2D eigenvalue weighted by atomic mass is 16.1. The van der Waals surface area contributed by atoms with Gasteiger partial charge in [0.15, 0.2) is 5.69 Å². The fraction of sp³-hybridized carbons (Fsp3) is 0.500. The number of benzene rings is 1. The molecule has 1 fully saturated rings. The number of fused-ring (bicyclic) bond motifs is 1. The van der Waals surface area contributed by atoms with E-state index in [1.807, 2.05) is 24.3 Å². The van der Waals surface area contributed by atoms with E-state index in [1.54, 1.807) is 0 Å². The number of hydrogen-bond acceptors (Lipinski definition) is 3. The van der Waals surface area contributed by atoms with Crippen molar-refractivity contribution in [2.45, 2.75) is 19.8 Å². The average molecular weight is 286 g/mol. The van der Waals surface area contributed by atoms with E-state index in [0.29, 0.717) is 12.2 Å². The predicted octanol–water partition coefficient (Wildman–Crippen LogP) is 2.02. The van der Waals surface area contributed by atoms with Gasteiger partial charge >= 0.3 is 0 Å². The summed E-state index contributed by atoms with van der Waals surface area (Å²) in [6.07, 6.45) is 2.23. The third-order valence-corrected chi connectivity index (χ3v) is 4.56. The first-order chi connectivity index (χ1) is 10.1. The van der Waals surface area contributed by atoms with E-state index < -0.39 is 0 Å². The van der Waals surface area contributed by atoms with E-state index in [1.165, 1.54) is 0 Å². The van der Waals surface area contributed by atoms with Crippen LogP contribution in [0.1, 0.15) is 30.3 Å². The number of likely N-dealkylation sites (tertiary alicyclic amines) is 1. The Morgan fingerprint density at radius 2 is 2.10 bits per heavy atom. The number of rotatable bonds is 3. The lowest BCUT2D eigenvalue weighted by atomic mass is 9.80. The highest BCUT2D eigenvalue weighted by Gasteiger charge is 2.29. The molecule has 21 heavy (non-hydrogen) atoms. The molecule has 5 heteroatoms. The van der Waals surface area contributed by atoms with Gasteiger partial charge in [0.1, 0.15) is 0 Å². The van der Waals surface area contributed by atoms with Crippen LogP contribution in [0.15, 0.2) is 24.3 Å². The fourth-order valence-electron chi connectivity index (χ4n) is 2.85. The van der Waals surface area contributed by atoms with Crippen LogP contribution >= 0.6 is 0 Å². The minimum absolute atomic E-state index is 0.0902. The summed E-state index contributed by atoms with van der Waals surface area (Å²) in [7, 11) is 2.15. The van der Waals surface area contributed by atoms with Crippen molar-refractivity contribution in [3.63, 3.8) is 0 Å². The van der Waals surface area contributed by atoms with Gasteiger partial charge in [-0.05, 0) is 44.5 Å². The maximum absolute atomic E-state index is 12.4. The van der Waals surface area contributed by atoms with Crippen molar-refractivity contribution in [1.29, 1.82) is 0 Å². The van der Waals surface area contributed by atoms with Gasteiger partial charge in [-0.15, -0.1) is 0 Å². The van der Waals surface area contributed by atoms with Crippen LogP contribution in [0.4, 0.5) is 0 Å². The zero-order valence-electron chi connectivity index (χ0n) is 12.6. The molecule has 0 aliphatic carbocycles. The number of nitrogens with one attached hydrogen (secondary N) is 2. The van der Waals surface area contributed by atoms with E-state index in [9.17, 15) is 4.79 Å². The van der Waals surface area contributed by atoms with Crippen LogP contribution in [0.5, 0.6) is 0 Å². The van der Waals surface area contributed by atoms with Crippen molar-refractivity contribution in [2.75, 3.05) is 26.7 Å². The van der Waals surface area contributed by atoms with Crippen LogP contribution in [0.2, 0.25) is 0 Å². The van der Waals surface area contributed by atoms with Crippen LogP contribution in [0.3, 0.4) is 0 Å². The molecular formula is C16H22N4O. The molecule has 2 heterocycles. The van der Waals surface area contributed by atoms with E-state index in [-0.39, 0.29) is 11.3 Å². The summed E-state index contributed by atoms with van der Waals surface area (Å²) in [5.74, 6) is -0.0902. The molecule has 1 saturated heterocycles. The first kappa shape index (κ1) is 14.1. The summed E-state index contributed by atoms with van der Waals surface area (Å²) in [6.45, 7) is 5.15. The highest BCUT2D eigenvalue weighted by molar-refractivity contribution is 6.04. The van der Waals surface area contributed by atoms with E-state index in [2.05, 4.69) is 34.4 Å². The monoisotopic (exact) mass is 286 g/mol. The average Bonchev–Trinajstić information content (AvgIpc) is 2.92. The zero-order valence-corrected chi connectivity index (χ0v) is 12.6. The Hall–Kier alpha value is -1.88. The molecule has 0 unspecified atom stereocenters. The van der Waals surface area contributed by atoms with E-state index >= 15 is 0 Å². The van der Waals surface area contributed by atoms with Gasteiger partial charge in [0.05, 0.1) is 5.52 Å². The maximum Gasteiger partial charge on any atom is 0.272 e. The summed E-state index contributed by atoms with van der Waals surface area (Å²) in [5, 5.41) is 11.0. The third kappa shape index (κ3) is 2.93. The lowest BCUT2D eigenvalue weighted by molar-refractivity contribution is 0.0888. The van der Waals surface area contributed by atoms with E-state index in [4.69, 9.17) is 0 Å². The molecule has 1 aliphatic rings. The molecule has 0 radical (unpaired) electrons. The molecule has 1 aromatic heterocycles. The number of para-hydroxylation sites is 1. The molecule has 5 nitrogen and oxygen atoms in total. The molecule has 0 bridgehead atoms. The van der Waals surface area contributed by atoms with Gasteiger partial charge in [0.2, 0.25) is 0 Å². The van der Waals surface area contributed by atoms with Crippen molar-refractivity contribution in [1.82, 2.24) is 20.4 Å². The minimum atomic E-state index is -0.0902. The number of carbonyl (C=O) groups is 1. The Kier molecular flexibility index (Phi) is 3.68. The quantitative estimate of drug-likeness (QED) is 0.907. The molecule has 1 amide bonds. The number of hydrogen-bond donors (Lipinski definition) is 2. The van der Waals surface area contributed by atoms with Gasteiger partial charge in [-0.3, -0.25) is 9.89 Å². The second-order valence-electron chi connectivity index (χ2n) is 6.41. The van der Waals surface area contributed by atoms with Crippen molar-refractivity contribution >= 4 is 16.8 Å². The molecule has 2 N–H and O–H groups in total. The fourth-order valence-corrected chi connectivity index (χ4v) is 2.85. The second-order valence-corrected chi connectivity index (χ2v) is 6.41. The van der Waals surface area contributed by atoms with Crippen molar-refractivity contribution in [3.8, 4) is 0 Å². The topological polar surface area (TPSA) is 61.0 Å². The van der Waals surface area contributed by atoms with Gasteiger partial charge in [-0.25, -0.2) is 0 Å². The molecule has 0 spiro atoms.